The normalized spacial score (nSPS) is 13.3. The summed E-state index contributed by atoms with van der Waals surface area (Å²) in [4.78, 5) is 24.6. The Morgan fingerprint density at radius 3 is 2.57 bits per heavy atom. The molecule has 0 aromatic heterocycles. The van der Waals surface area contributed by atoms with Crippen LogP contribution in [-0.2, 0) is 13.0 Å². The maximum atomic E-state index is 12.3. The second-order valence-corrected chi connectivity index (χ2v) is 5.02. The van der Waals surface area contributed by atoms with Crippen molar-refractivity contribution < 1.29 is 9.72 Å². The highest BCUT2D eigenvalue weighted by Crippen LogP contribution is 2.30. The number of carbonyl (C=O) groups is 1. The molecule has 1 heterocycles. The van der Waals surface area contributed by atoms with Crippen molar-refractivity contribution in [3.63, 3.8) is 0 Å². The molecule has 1 amide bonds. The molecule has 0 saturated carbocycles. The SMILES string of the molecule is O=C1c2cccc([N+](=O)[O-])c2CN1CCc1ccccc1. The van der Waals surface area contributed by atoms with E-state index in [0.29, 0.717) is 24.2 Å². The molecule has 21 heavy (non-hydrogen) atoms. The fourth-order valence-corrected chi connectivity index (χ4v) is 2.63. The molecule has 1 aliphatic rings. The lowest BCUT2D eigenvalue weighted by Crippen LogP contribution is -2.26. The number of rotatable bonds is 4. The third kappa shape index (κ3) is 2.50. The van der Waals surface area contributed by atoms with Gasteiger partial charge < -0.3 is 4.90 Å². The largest absolute Gasteiger partial charge is 0.334 e. The molecule has 0 bridgehead atoms. The fraction of sp³-hybridized carbons (Fsp3) is 0.188. The molecule has 0 fully saturated rings. The number of hydrogen-bond donors (Lipinski definition) is 0. The molecule has 106 valence electrons. The number of nitro benzene ring substituents is 1. The van der Waals surface area contributed by atoms with Crippen LogP contribution in [0.4, 0.5) is 5.69 Å². The number of carbonyl (C=O) groups excluding carboxylic acids is 1. The van der Waals surface area contributed by atoms with Crippen molar-refractivity contribution >= 4 is 11.6 Å². The van der Waals surface area contributed by atoms with Gasteiger partial charge in [0.1, 0.15) is 0 Å². The van der Waals surface area contributed by atoms with Gasteiger partial charge in [-0.15, -0.1) is 0 Å². The third-order valence-corrected chi connectivity index (χ3v) is 3.73. The van der Waals surface area contributed by atoms with Crippen molar-refractivity contribution in [3.8, 4) is 0 Å². The number of fused-ring (bicyclic) bond motifs is 1. The summed E-state index contributed by atoms with van der Waals surface area (Å²) in [5, 5.41) is 11.0. The molecule has 0 unspecified atom stereocenters. The summed E-state index contributed by atoms with van der Waals surface area (Å²) in [6.45, 7) is 0.882. The van der Waals surface area contributed by atoms with Crippen molar-refractivity contribution in [2.45, 2.75) is 13.0 Å². The quantitative estimate of drug-likeness (QED) is 0.640. The molecule has 0 N–H and O–H groups in total. The second-order valence-electron chi connectivity index (χ2n) is 5.02. The predicted molar refractivity (Wildman–Crippen MR) is 78.0 cm³/mol. The molecule has 0 saturated heterocycles. The summed E-state index contributed by atoms with van der Waals surface area (Å²) in [5.74, 6) is -0.121. The third-order valence-electron chi connectivity index (χ3n) is 3.73. The van der Waals surface area contributed by atoms with Gasteiger partial charge in [-0.2, -0.15) is 0 Å². The highest BCUT2D eigenvalue weighted by Gasteiger charge is 2.32. The Morgan fingerprint density at radius 2 is 1.86 bits per heavy atom. The van der Waals surface area contributed by atoms with Crippen LogP contribution >= 0.6 is 0 Å². The first-order valence-corrected chi connectivity index (χ1v) is 6.76. The summed E-state index contributed by atoms with van der Waals surface area (Å²) in [7, 11) is 0. The van der Waals surface area contributed by atoms with Crippen molar-refractivity contribution in [2.24, 2.45) is 0 Å². The highest BCUT2D eigenvalue weighted by atomic mass is 16.6. The van der Waals surface area contributed by atoms with Crippen molar-refractivity contribution in [1.29, 1.82) is 0 Å². The molecular weight excluding hydrogens is 268 g/mol. The van der Waals surface area contributed by atoms with Gasteiger partial charge in [0, 0.05) is 12.6 Å². The number of nitro groups is 1. The summed E-state index contributed by atoms with van der Waals surface area (Å²) in [6.07, 6.45) is 0.744. The second kappa shape index (κ2) is 5.36. The van der Waals surface area contributed by atoms with E-state index in [1.807, 2.05) is 30.3 Å². The van der Waals surface area contributed by atoms with Crippen LogP contribution in [-0.4, -0.2) is 22.3 Å². The monoisotopic (exact) mass is 282 g/mol. The van der Waals surface area contributed by atoms with Gasteiger partial charge in [0.2, 0.25) is 0 Å². The Morgan fingerprint density at radius 1 is 1.10 bits per heavy atom. The van der Waals surface area contributed by atoms with E-state index in [2.05, 4.69) is 0 Å². The van der Waals surface area contributed by atoms with Crippen molar-refractivity contribution in [1.82, 2.24) is 4.90 Å². The van der Waals surface area contributed by atoms with Crippen LogP contribution in [0.15, 0.2) is 48.5 Å². The molecule has 0 aliphatic carbocycles. The molecule has 0 radical (unpaired) electrons. The van der Waals surface area contributed by atoms with E-state index in [9.17, 15) is 14.9 Å². The number of nitrogens with zero attached hydrogens (tertiary/aromatic N) is 2. The van der Waals surface area contributed by atoms with Gasteiger partial charge in [0.15, 0.2) is 0 Å². The van der Waals surface area contributed by atoms with Gasteiger partial charge in [0.25, 0.3) is 11.6 Å². The van der Waals surface area contributed by atoms with Crippen LogP contribution in [0.3, 0.4) is 0 Å². The van der Waals surface area contributed by atoms with E-state index in [1.165, 1.54) is 6.07 Å². The summed E-state index contributed by atoms with van der Waals surface area (Å²) in [6, 6.07) is 14.6. The lowest BCUT2D eigenvalue weighted by molar-refractivity contribution is -0.385. The first-order valence-electron chi connectivity index (χ1n) is 6.76. The molecule has 0 spiro atoms. The zero-order valence-corrected chi connectivity index (χ0v) is 11.4. The minimum absolute atomic E-state index is 0.0306. The Hall–Kier alpha value is -2.69. The van der Waals surface area contributed by atoms with E-state index in [1.54, 1.807) is 17.0 Å². The molecular formula is C16H14N2O3. The zero-order chi connectivity index (χ0) is 14.8. The van der Waals surface area contributed by atoms with E-state index >= 15 is 0 Å². The number of hydrogen-bond acceptors (Lipinski definition) is 3. The van der Waals surface area contributed by atoms with Gasteiger partial charge in [-0.25, -0.2) is 0 Å². The van der Waals surface area contributed by atoms with Gasteiger partial charge in [-0.3, -0.25) is 14.9 Å². The Labute approximate surface area is 122 Å². The van der Waals surface area contributed by atoms with Gasteiger partial charge in [-0.1, -0.05) is 36.4 Å². The maximum absolute atomic E-state index is 12.3. The molecule has 5 heteroatoms. The van der Waals surface area contributed by atoms with E-state index in [0.717, 1.165) is 12.0 Å². The number of benzene rings is 2. The Balaban J connectivity index is 1.78. The van der Waals surface area contributed by atoms with Crippen LogP contribution in [0.1, 0.15) is 21.5 Å². The lowest BCUT2D eigenvalue weighted by atomic mass is 10.1. The molecule has 5 nitrogen and oxygen atoms in total. The minimum atomic E-state index is -0.424. The van der Waals surface area contributed by atoms with Crippen LogP contribution in [0.2, 0.25) is 0 Å². The summed E-state index contributed by atoms with van der Waals surface area (Å²) < 4.78 is 0. The molecule has 2 aromatic rings. The molecule has 2 aromatic carbocycles. The summed E-state index contributed by atoms with van der Waals surface area (Å²) >= 11 is 0. The Kier molecular flexibility index (Phi) is 3.39. The zero-order valence-electron chi connectivity index (χ0n) is 11.4. The van der Waals surface area contributed by atoms with Gasteiger partial charge >= 0.3 is 0 Å². The summed E-state index contributed by atoms with van der Waals surface area (Å²) in [5.41, 5.74) is 2.16. The first kappa shape index (κ1) is 13.3. The lowest BCUT2D eigenvalue weighted by Gasteiger charge is -2.15. The molecule has 0 atom stereocenters. The van der Waals surface area contributed by atoms with Crippen LogP contribution in [0, 0.1) is 10.1 Å². The van der Waals surface area contributed by atoms with Crippen LogP contribution in [0.25, 0.3) is 0 Å². The van der Waals surface area contributed by atoms with Gasteiger partial charge in [-0.05, 0) is 18.1 Å². The first-order chi connectivity index (χ1) is 10.2. The molecule has 3 rings (SSSR count). The molecule has 1 aliphatic heterocycles. The fourth-order valence-electron chi connectivity index (χ4n) is 2.63. The smallest absolute Gasteiger partial charge is 0.275 e. The van der Waals surface area contributed by atoms with E-state index < -0.39 is 4.92 Å². The van der Waals surface area contributed by atoms with E-state index in [-0.39, 0.29) is 11.6 Å². The van der Waals surface area contributed by atoms with Crippen molar-refractivity contribution in [2.75, 3.05) is 6.54 Å². The number of amides is 1. The van der Waals surface area contributed by atoms with Crippen molar-refractivity contribution in [3.05, 3.63) is 75.3 Å². The average molecular weight is 282 g/mol. The van der Waals surface area contributed by atoms with Crippen LogP contribution < -0.4 is 0 Å². The van der Waals surface area contributed by atoms with E-state index in [4.69, 9.17) is 0 Å². The standard InChI is InChI=1S/C16H14N2O3/c19-16-13-7-4-8-15(18(20)21)14(13)11-17(16)10-9-12-5-2-1-3-6-12/h1-8H,9-11H2. The predicted octanol–water partition coefficient (Wildman–Crippen LogP) is 2.79. The minimum Gasteiger partial charge on any atom is -0.334 e. The topological polar surface area (TPSA) is 63.4 Å². The maximum Gasteiger partial charge on any atom is 0.275 e. The average Bonchev–Trinajstić information content (AvgIpc) is 2.83. The van der Waals surface area contributed by atoms with Gasteiger partial charge in [0.05, 0.1) is 22.6 Å². The highest BCUT2D eigenvalue weighted by molar-refractivity contribution is 5.99. The van der Waals surface area contributed by atoms with Crippen LogP contribution in [0.5, 0.6) is 0 Å². The Bertz CT molecular complexity index is 698.